The number of rotatable bonds is 5. The van der Waals surface area contributed by atoms with Gasteiger partial charge in [0, 0.05) is 17.7 Å². The summed E-state index contributed by atoms with van der Waals surface area (Å²) in [5.41, 5.74) is 2.13. The first-order valence-corrected chi connectivity index (χ1v) is 6.73. The number of phenols is 1. The fourth-order valence-corrected chi connectivity index (χ4v) is 2.08. The van der Waals surface area contributed by atoms with Crippen LogP contribution in [0.3, 0.4) is 0 Å². The van der Waals surface area contributed by atoms with Crippen molar-refractivity contribution in [1.82, 2.24) is 4.90 Å². The lowest BCUT2D eigenvalue weighted by atomic mass is 9.81. The zero-order valence-electron chi connectivity index (χ0n) is 12.9. The van der Waals surface area contributed by atoms with Crippen molar-refractivity contribution in [2.45, 2.75) is 26.7 Å². The number of hydrogen-bond acceptors (Lipinski definition) is 3. The van der Waals surface area contributed by atoms with E-state index in [4.69, 9.17) is 7.85 Å². The van der Waals surface area contributed by atoms with Crippen LogP contribution in [0.4, 0.5) is 0 Å². The molecule has 0 bridgehead atoms. The van der Waals surface area contributed by atoms with Crippen LogP contribution in [0.5, 0.6) is 5.75 Å². The summed E-state index contributed by atoms with van der Waals surface area (Å²) in [6.07, 6.45) is 3.29. The van der Waals surface area contributed by atoms with E-state index < -0.39 is 0 Å². The van der Waals surface area contributed by atoms with Crippen LogP contribution >= 0.6 is 0 Å². The van der Waals surface area contributed by atoms with Crippen LogP contribution in [0.15, 0.2) is 18.2 Å². The molecule has 1 aromatic rings. The van der Waals surface area contributed by atoms with Crippen LogP contribution in [-0.2, 0) is 0 Å². The molecule has 0 saturated carbocycles. The van der Waals surface area contributed by atoms with E-state index >= 15 is 0 Å². The normalized spacial score (nSPS) is 11.8. The molecule has 0 amide bonds. The number of hydrogen-bond donors (Lipinski definition) is 1. The van der Waals surface area contributed by atoms with Crippen LogP contribution in [0.1, 0.15) is 41.3 Å². The highest BCUT2D eigenvalue weighted by Gasteiger charge is 2.17. The molecule has 4 heteroatoms. The Kier molecular flexibility index (Phi) is 5.57. The van der Waals surface area contributed by atoms with E-state index in [1.165, 1.54) is 6.08 Å². The minimum atomic E-state index is -0.174. The van der Waals surface area contributed by atoms with Gasteiger partial charge in [0.2, 0.25) is 0 Å². The quantitative estimate of drug-likeness (QED) is 0.505. The van der Waals surface area contributed by atoms with Crippen molar-refractivity contribution < 1.29 is 9.90 Å². The van der Waals surface area contributed by atoms with Crippen molar-refractivity contribution in [2.24, 2.45) is 0 Å². The highest BCUT2D eigenvalue weighted by Crippen LogP contribution is 2.29. The number of phenolic OH excluding ortho intramolecular Hbond substituents is 1. The molecule has 1 aromatic carbocycles. The lowest BCUT2D eigenvalue weighted by Gasteiger charge is -2.16. The first kappa shape index (κ1) is 16.5. The Bertz CT molecular complexity index is 534. The zero-order chi connectivity index (χ0) is 15.4. The molecule has 106 valence electrons. The van der Waals surface area contributed by atoms with Crippen molar-refractivity contribution in [1.29, 1.82) is 0 Å². The van der Waals surface area contributed by atoms with Gasteiger partial charge in [-0.3, -0.25) is 4.79 Å². The second kappa shape index (κ2) is 6.75. The van der Waals surface area contributed by atoms with Gasteiger partial charge < -0.3 is 10.0 Å². The number of carbonyl (C=O) groups is 1. The molecular weight excluding hydrogens is 249 g/mol. The SMILES string of the molecule is [B]c1cc(C(C)C)c(O)c(C)c1C(=O)/C=C\CN(C)C. The first-order valence-electron chi connectivity index (χ1n) is 6.73. The molecule has 1 rings (SSSR count). The summed E-state index contributed by atoms with van der Waals surface area (Å²) in [5, 5.41) is 10.2. The van der Waals surface area contributed by atoms with Gasteiger partial charge in [0.1, 0.15) is 13.6 Å². The second-order valence-electron chi connectivity index (χ2n) is 5.59. The van der Waals surface area contributed by atoms with Gasteiger partial charge in [-0.25, -0.2) is 0 Å². The molecule has 0 unspecified atom stereocenters. The molecule has 0 aliphatic heterocycles. The largest absolute Gasteiger partial charge is 0.507 e. The van der Waals surface area contributed by atoms with Crippen molar-refractivity contribution in [2.75, 3.05) is 20.6 Å². The molecule has 3 nitrogen and oxygen atoms in total. The molecule has 0 spiro atoms. The maximum atomic E-state index is 12.2. The molecule has 0 aliphatic rings. The average Bonchev–Trinajstić information content (AvgIpc) is 2.33. The standard InChI is InChI=1S/C16H22BNO2/c1-10(2)12-9-13(17)15(11(3)16(12)20)14(19)7-6-8-18(4)5/h6-7,9-10,20H,8H2,1-5H3/b7-6-. The van der Waals surface area contributed by atoms with E-state index in [0.717, 1.165) is 5.56 Å². The van der Waals surface area contributed by atoms with Gasteiger partial charge in [0.25, 0.3) is 0 Å². The maximum absolute atomic E-state index is 12.2. The molecule has 20 heavy (non-hydrogen) atoms. The monoisotopic (exact) mass is 271 g/mol. The second-order valence-corrected chi connectivity index (χ2v) is 5.59. The molecule has 0 saturated heterocycles. The highest BCUT2D eigenvalue weighted by atomic mass is 16.3. The van der Waals surface area contributed by atoms with Gasteiger partial charge in [-0.15, -0.1) is 0 Å². The molecular formula is C16H22BNO2. The minimum absolute atomic E-state index is 0.157. The van der Waals surface area contributed by atoms with Crippen LogP contribution < -0.4 is 5.46 Å². The molecule has 0 aromatic heterocycles. The summed E-state index contributed by atoms with van der Waals surface area (Å²) >= 11 is 0. The first-order chi connectivity index (χ1) is 9.25. The van der Waals surface area contributed by atoms with E-state index in [9.17, 15) is 9.90 Å². The van der Waals surface area contributed by atoms with Gasteiger partial charge in [0.05, 0.1) is 0 Å². The average molecular weight is 271 g/mol. The van der Waals surface area contributed by atoms with E-state index in [1.54, 1.807) is 19.1 Å². The predicted octanol–water partition coefficient (Wildman–Crippen LogP) is 1.92. The molecule has 2 radical (unpaired) electrons. The van der Waals surface area contributed by atoms with E-state index in [1.807, 2.05) is 32.8 Å². The number of ketones is 1. The summed E-state index contributed by atoms with van der Waals surface area (Å²) in [5.74, 6) is 0.149. The molecule has 0 atom stereocenters. The van der Waals surface area contributed by atoms with Gasteiger partial charge in [-0.05, 0) is 38.6 Å². The summed E-state index contributed by atoms with van der Waals surface area (Å²) < 4.78 is 0. The number of nitrogens with zero attached hydrogens (tertiary/aromatic N) is 1. The number of carbonyl (C=O) groups excluding carboxylic acids is 1. The Hall–Kier alpha value is -1.55. The summed E-state index contributed by atoms with van der Waals surface area (Å²) in [7, 11) is 9.84. The van der Waals surface area contributed by atoms with E-state index in [2.05, 4.69) is 0 Å². The zero-order valence-corrected chi connectivity index (χ0v) is 12.9. The molecule has 0 aliphatic carbocycles. The van der Waals surface area contributed by atoms with Crippen LogP contribution in [-0.4, -0.2) is 44.3 Å². The van der Waals surface area contributed by atoms with Gasteiger partial charge in [-0.1, -0.05) is 31.5 Å². The molecule has 0 fully saturated rings. The lowest BCUT2D eigenvalue weighted by molar-refractivity contribution is 0.104. The number of aromatic hydroxyl groups is 1. The fourth-order valence-electron chi connectivity index (χ4n) is 2.08. The Morgan fingerprint density at radius 3 is 2.55 bits per heavy atom. The minimum Gasteiger partial charge on any atom is -0.507 e. The fraction of sp³-hybridized carbons (Fsp3) is 0.438. The maximum Gasteiger partial charge on any atom is 0.185 e. The van der Waals surface area contributed by atoms with E-state index in [-0.39, 0.29) is 17.5 Å². The van der Waals surface area contributed by atoms with Gasteiger partial charge in [0.15, 0.2) is 5.78 Å². The van der Waals surface area contributed by atoms with E-state index in [0.29, 0.717) is 23.1 Å². The third kappa shape index (κ3) is 3.73. The Morgan fingerprint density at radius 1 is 1.45 bits per heavy atom. The van der Waals surface area contributed by atoms with Crippen molar-refractivity contribution >= 4 is 19.1 Å². The smallest absolute Gasteiger partial charge is 0.185 e. The Balaban J connectivity index is 3.17. The highest BCUT2D eigenvalue weighted by molar-refractivity contribution is 6.37. The molecule has 1 N–H and O–H groups in total. The van der Waals surface area contributed by atoms with Crippen LogP contribution in [0.25, 0.3) is 0 Å². The third-order valence-electron chi connectivity index (χ3n) is 3.21. The van der Waals surface area contributed by atoms with Crippen molar-refractivity contribution in [3.63, 3.8) is 0 Å². The van der Waals surface area contributed by atoms with Gasteiger partial charge >= 0.3 is 0 Å². The summed E-state index contributed by atoms with van der Waals surface area (Å²) in [6.45, 7) is 6.37. The Morgan fingerprint density at radius 2 is 2.05 bits per heavy atom. The summed E-state index contributed by atoms with van der Waals surface area (Å²) in [6, 6.07) is 1.69. The third-order valence-corrected chi connectivity index (χ3v) is 3.21. The van der Waals surface area contributed by atoms with Crippen molar-refractivity contribution in [3.05, 3.63) is 34.9 Å². The number of allylic oxidation sites excluding steroid dienone is 1. The van der Waals surface area contributed by atoms with Crippen LogP contribution in [0.2, 0.25) is 0 Å². The number of likely N-dealkylation sites (N-methyl/N-ethyl adjacent to an activating group) is 1. The van der Waals surface area contributed by atoms with Crippen molar-refractivity contribution in [3.8, 4) is 5.75 Å². The number of benzene rings is 1. The van der Waals surface area contributed by atoms with Gasteiger partial charge in [-0.2, -0.15) is 0 Å². The topological polar surface area (TPSA) is 40.5 Å². The lowest BCUT2D eigenvalue weighted by Crippen LogP contribution is -2.19. The predicted molar refractivity (Wildman–Crippen MR) is 84.3 cm³/mol. The summed E-state index contributed by atoms with van der Waals surface area (Å²) in [4.78, 5) is 14.2. The Labute approximate surface area is 122 Å². The molecule has 0 heterocycles. The van der Waals surface area contributed by atoms with Crippen LogP contribution in [0, 0.1) is 6.92 Å².